The summed E-state index contributed by atoms with van der Waals surface area (Å²) in [5.74, 6) is 1.76. The first-order valence-corrected chi connectivity index (χ1v) is 16.3. The second-order valence-electron chi connectivity index (χ2n) is 12.2. The smallest absolute Gasteiger partial charge is 0.164 e. The maximum Gasteiger partial charge on any atom is 0.164 e. The van der Waals surface area contributed by atoms with Crippen LogP contribution in [0.1, 0.15) is 0 Å². The molecule has 0 N–H and O–H groups in total. The second-order valence-corrected chi connectivity index (χ2v) is 12.2. The molecule has 5 heteroatoms. The van der Waals surface area contributed by atoms with E-state index in [9.17, 15) is 0 Å². The summed E-state index contributed by atoms with van der Waals surface area (Å²) in [4.78, 5) is 20.9. The number of para-hydroxylation sites is 1. The Hall–Kier alpha value is -6.72. The highest BCUT2D eigenvalue weighted by Crippen LogP contribution is 2.41. The quantitative estimate of drug-likeness (QED) is 0.182. The molecule has 10 rings (SSSR count). The van der Waals surface area contributed by atoms with Gasteiger partial charge < -0.3 is 4.42 Å². The molecule has 7 aromatic carbocycles. The molecule has 0 radical (unpaired) electrons. The normalized spacial score (nSPS) is 11.7. The highest BCUT2D eigenvalue weighted by molar-refractivity contribution is 6.21. The molecule has 3 heterocycles. The van der Waals surface area contributed by atoms with E-state index in [0.29, 0.717) is 17.5 Å². The van der Waals surface area contributed by atoms with E-state index < -0.39 is 0 Å². The Morgan fingerprint density at radius 1 is 0.388 bits per heavy atom. The Bertz CT molecular complexity index is 2890. The van der Waals surface area contributed by atoms with Gasteiger partial charge in [0.1, 0.15) is 11.2 Å². The number of hydrogen-bond donors (Lipinski definition) is 0. The molecule has 5 nitrogen and oxygen atoms in total. The molecular formula is C44H26N4O. The fourth-order valence-electron chi connectivity index (χ4n) is 7.13. The van der Waals surface area contributed by atoms with Crippen molar-refractivity contribution in [2.75, 3.05) is 0 Å². The summed E-state index contributed by atoms with van der Waals surface area (Å²) < 4.78 is 6.30. The van der Waals surface area contributed by atoms with Crippen LogP contribution >= 0.6 is 0 Å². The lowest BCUT2D eigenvalue weighted by Crippen LogP contribution is -2.02. The summed E-state index contributed by atoms with van der Waals surface area (Å²) in [5, 5.41) is 7.34. The van der Waals surface area contributed by atoms with Gasteiger partial charge in [0.25, 0.3) is 0 Å². The van der Waals surface area contributed by atoms with Gasteiger partial charge in [0.15, 0.2) is 17.5 Å². The topological polar surface area (TPSA) is 64.7 Å². The first-order chi connectivity index (χ1) is 24.3. The Morgan fingerprint density at radius 2 is 0.980 bits per heavy atom. The highest BCUT2D eigenvalue weighted by Gasteiger charge is 2.21. The van der Waals surface area contributed by atoms with Crippen LogP contribution in [0.5, 0.6) is 0 Å². The Labute approximate surface area is 281 Å². The van der Waals surface area contributed by atoms with E-state index in [1.807, 2.05) is 54.7 Å². The number of nitrogens with zero attached hydrogens (tertiary/aromatic N) is 4. The molecule has 49 heavy (non-hydrogen) atoms. The van der Waals surface area contributed by atoms with Crippen molar-refractivity contribution in [2.24, 2.45) is 0 Å². The molecule has 0 saturated heterocycles. The van der Waals surface area contributed by atoms with Crippen molar-refractivity contribution in [3.05, 3.63) is 158 Å². The molecule has 228 valence electrons. The molecule has 10 aromatic rings. The van der Waals surface area contributed by atoms with E-state index in [1.165, 1.54) is 0 Å². The van der Waals surface area contributed by atoms with E-state index in [4.69, 9.17) is 24.4 Å². The average Bonchev–Trinajstić information content (AvgIpc) is 3.56. The number of rotatable bonds is 4. The SMILES string of the molecule is c1ccc(-c2ccccc2-c2nc(-c3cccc4oc5ccccc5c34)nc(-c3cc4ccccc4c4ncc5ccccc5c34)n2)cc1. The molecule has 0 amide bonds. The zero-order valence-electron chi connectivity index (χ0n) is 26.2. The number of pyridine rings is 1. The van der Waals surface area contributed by atoms with Gasteiger partial charge in [0.05, 0.1) is 5.52 Å². The summed E-state index contributed by atoms with van der Waals surface area (Å²) in [6.07, 6.45) is 1.96. The number of benzene rings is 7. The van der Waals surface area contributed by atoms with Crippen molar-refractivity contribution in [1.82, 2.24) is 19.9 Å². The van der Waals surface area contributed by atoms with Crippen LogP contribution in [0.4, 0.5) is 0 Å². The van der Waals surface area contributed by atoms with Crippen LogP contribution in [-0.2, 0) is 0 Å². The molecule has 0 bridgehead atoms. The van der Waals surface area contributed by atoms with Crippen LogP contribution in [0.15, 0.2) is 162 Å². The van der Waals surface area contributed by atoms with Crippen LogP contribution in [0.3, 0.4) is 0 Å². The predicted molar refractivity (Wildman–Crippen MR) is 199 cm³/mol. The third kappa shape index (κ3) is 4.40. The lowest BCUT2D eigenvalue weighted by Gasteiger charge is -2.15. The average molecular weight is 627 g/mol. The molecule has 0 unspecified atom stereocenters. The van der Waals surface area contributed by atoms with Crippen LogP contribution in [0, 0.1) is 0 Å². The highest BCUT2D eigenvalue weighted by atomic mass is 16.3. The standard InChI is InChI=1S/C44H26N4O/c1-2-13-27(14-3-1)30-17-8-9-20-33(30)42-46-43(35-22-12-24-38-39(35)34-21-10-11-23-37(34)49-38)48-44(47-42)36-25-28-15-4-7-19-32(28)41-40(36)31-18-6-5-16-29(31)26-45-41/h1-26H. The van der Waals surface area contributed by atoms with Gasteiger partial charge in [-0.15, -0.1) is 0 Å². The Kier molecular flexibility index (Phi) is 6.11. The van der Waals surface area contributed by atoms with E-state index in [-0.39, 0.29) is 0 Å². The van der Waals surface area contributed by atoms with Crippen molar-refractivity contribution in [3.8, 4) is 45.3 Å². The summed E-state index contributed by atoms with van der Waals surface area (Å²) in [6, 6.07) is 51.9. The molecule has 0 spiro atoms. The fraction of sp³-hybridized carbons (Fsp3) is 0. The molecule has 0 fully saturated rings. The lowest BCUT2D eigenvalue weighted by atomic mass is 9.96. The number of fused-ring (bicyclic) bond motifs is 8. The van der Waals surface area contributed by atoms with Crippen molar-refractivity contribution in [1.29, 1.82) is 0 Å². The van der Waals surface area contributed by atoms with Crippen molar-refractivity contribution in [3.63, 3.8) is 0 Å². The molecule has 0 aliphatic rings. The van der Waals surface area contributed by atoms with E-state index in [2.05, 4.69) is 103 Å². The first-order valence-electron chi connectivity index (χ1n) is 16.3. The largest absolute Gasteiger partial charge is 0.456 e. The van der Waals surface area contributed by atoms with Crippen LogP contribution in [0.2, 0.25) is 0 Å². The zero-order chi connectivity index (χ0) is 32.3. The van der Waals surface area contributed by atoms with Crippen LogP contribution in [-0.4, -0.2) is 19.9 Å². The summed E-state index contributed by atoms with van der Waals surface area (Å²) in [7, 11) is 0. The summed E-state index contributed by atoms with van der Waals surface area (Å²) >= 11 is 0. The van der Waals surface area contributed by atoms with E-state index in [1.54, 1.807) is 0 Å². The molecule has 3 aromatic heterocycles. The molecule has 0 aliphatic heterocycles. The summed E-state index contributed by atoms with van der Waals surface area (Å²) in [6.45, 7) is 0. The van der Waals surface area contributed by atoms with Gasteiger partial charge in [-0.2, -0.15) is 0 Å². The molecular weight excluding hydrogens is 601 g/mol. The zero-order valence-corrected chi connectivity index (χ0v) is 26.2. The van der Waals surface area contributed by atoms with Gasteiger partial charge in [-0.3, -0.25) is 4.98 Å². The Morgan fingerprint density at radius 3 is 1.82 bits per heavy atom. The minimum atomic E-state index is 0.578. The fourth-order valence-corrected chi connectivity index (χ4v) is 7.13. The van der Waals surface area contributed by atoms with Crippen molar-refractivity contribution < 1.29 is 4.42 Å². The first kappa shape index (κ1) is 27.4. The Balaban J connectivity index is 1.34. The van der Waals surface area contributed by atoms with Crippen LogP contribution < -0.4 is 0 Å². The third-order valence-corrected chi connectivity index (χ3v) is 9.36. The van der Waals surface area contributed by atoms with E-state index in [0.717, 1.165) is 82.2 Å². The molecule has 0 atom stereocenters. The minimum absolute atomic E-state index is 0.578. The van der Waals surface area contributed by atoms with E-state index >= 15 is 0 Å². The van der Waals surface area contributed by atoms with Gasteiger partial charge in [-0.25, -0.2) is 15.0 Å². The molecule has 0 aliphatic carbocycles. The van der Waals surface area contributed by atoms with Gasteiger partial charge in [0, 0.05) is 49.8 Å². The lowest BCUT2D eigenvalue weighted by molar-refractivity contribution is 0.669. The predicted octanol–water partition coefficient (Wildman–Crippen LogP) is 11.3. The van der Waals surface area contributed by atoms with Gasteiger partial charge in [0.2, 0.25) is 0 Å². The summed E-state index contributed by atoms with van der Waals surface area (Å²) in [5.41, 5.74) is 7.40. The van der Waals surface area contributed by atoms with Crippen molar-refractivity contribution in [2.45, 2.75) is 0 Å². The maximum absolute atomic E-state index is 6.30. The van der Waals surface area contributed by atoms with Gasteiger partial charge in [-0.1, -0.05) is 133 Å². The van der Waals surface area contributed by atoms with Gasteiger partial charge >= 0.3 is 0 Å². The van der Waals surface area contributed by atoms with Gasteiger partial charge in [-0.05, 0) is 40.1 Å². The third-order valence-electron chi connectivity index (χ3n) is 9.36. The number of aromatic nitrogens is 4. The second kappa shape index (κ2) is 10.9. The monoisotopic (exact) mass is 626 g/mol. The van der Waals surface area contributed by atoms with Crippen LogP contribution in [0.25, 0.3) is 99.7 Å². The number of hydrogen-bond acceptors (Lipinski definition) is 5. The minimum Gasteiger partial charge on any atom is -0.456 e. The maximum atomic E-state index is 6.30. The molecule has 0 saturated carbocycles. The van der Waals surface area contributed by atoms with Crippen molar-refractivity contribution >= 4 is 54.4 Å². The number of furan rings is 1.